The van der Waals surface area contributed by atoms with Crippen LogP contribution in [0.3, 0.4) is 0 Å². The second-order valence-electron chi connectivity index (χ2n) is 6.28. The van der Waals surface area contributed by atoms with Gasteiger partial charge < -0.3 is 10.0 Å². The lowest BCUT2D eigenvalue weighted by atomic mass is 9.98. The minimum Gasteiger partial charge on any atom is -0.480 e. The van der Waals surface area contributed by atoms with E-state index >= 15 is 0 Å². The predicted octanol–water partition coefficient (Wildman–Crippen LogP) is 2.14. The van der Waals surface area contributed by atoms with Crippen LogP contribution in [0, 0.1) is 0 Å². The van der Waals surface area contributed by atoms with Crippen LogP contribution >= 0.6 is 0 Å². The Balaban J connectivity index is 2.10. The van der Waals surface area contributed by atoms with Crippen molar-refractivity contribution in [1.82, 2.24) is 9.80 Å². The van der Waals surface area contributed by atoms with Gasteiger partial charge in [0.1, 0.15) is 6.54 Å². The summed E-state index contributed by atoms with van der Waals surface area (Å²) in [7, 11) is 0. The smallest absolute Gasteiger partial charge is 0.323 e. The number of carboxylic acid groups (broad SMARTS) is 1. The molecule has 1 heterocycles. The quantitative estimate of drug-likeness (QED) is 0.873. The number of carbonyl (C=O) groups excluding carboxylic acids is 1. The van der Waals surface area contributed by atoms with E-state index in [1.165, 1.54) is 16.0 Å². The predicted molar refractivity (Wildman–Crippen MR) is 89.1 cm³/mol. The third kappa shape index (κ3) is 4.10. The Hall–Kier alpha value is -1.88. The summed E-state index contributed by atoms with van der Waals surface area (Å²) in [4.78, 5) is 27.5. The Morgan fingerprint density at radius 1 is 1.26 bits per heavy atom. The second kappa shape index (κ2) is 7.59. The van der Waals surface area contributed by atoms with E-state index < -0.39 is 5.97 Å². The van der Waals surface area contributed by atoms with Crippen LogP contribution in [0.5, 0.6) is 0 Å². The Morgan fingerprint density at radius 2 is 1.91 bits per heavy atom. The summed E-state index contributed by atoms with van der Waals surface area (Å²) in [6.45, 7) is 7.08. The van der Waals surface area contributed by atoms with Crippen molar-refractivity contribution < 1.29 is 14.7 Å². The number of aliphatic carboxylic acids is 1. The van der Waals surface area contributed by atoms with Gasteiger partial charge in [-0.15, -0.1) is 0 Å². The van der Waals surface area contributed by atoms with E-state index in [1.54, 1.807) is 0 Å². The van der Waals surface area contributed by atoms with Gasteiger partial charge in [0.25, 0.3) is 0 Å². The first-order valence-corrected chi connectivity index (χ1v) is 8.27. The Morgan fingerprint density at radius 3 is 2.52 bits per heavy atom. The SMILES string of the molecule is CCC(C)N(CC(=O)O)C(=O)C(C)N1CCc2ccccc2C1. The summed E-state index contributed by atoms with van der Waals surface area (Å²) >= 11 is 0. The number of carboxylic acids is 1. The molecule has 0 saturated heterocycles. The fourth-order valence-electron chi connectivity index (χ4n) is 3.06. The van der Waals surface area contributed by atoms with Crippen molar-refractivity contribution in [2.45, 2.75) is 52.2 Å². The number of benzene rings is 1. The first-order valence-electron chi connectivity index (χ1n) is 8.27. The van der Waals surface area contributed by atoms with Crippen molar-refractivity contribution in [3.8, 4) is 0 Å². The fraction of sp³-hybridized carbons (Fsp3) is 0.556. The van der Waals surface area contributed by atoms with Crippen LogP contribution in [0.1, 0.15) is 38.3 Å². The maximum Gasteiger partial charge on any atom is 0.323 e. The monoisotopic (exact) mass is 318 g/mol. The van der Waals surface area contributed by atoms with Gasteiger partial charge in [-0.05, 0) is 37.8 Å². The zero-order chi connectivity index (χ0) is 17.0. The van der Waals surface area contributed by atoms with Crippen LogP contribution in [0.2, 0.25) is 0 Å². The molecular formula is C18H26N2O3. The van der Waals surface area contributed by atoms with Gasteiger partial charge in [0.15, 0.2) is 0 Å². The molecule has 1 aliphatic rings. The molecule has 23 heavy (non-hydrogen) atoms. The molecule has 2 unspecified atom stereocenters. The standard InChI is InChI=1S/C18H26N2O3/c1-4-13(2)20(12-17(21)22)18(23)14(3)19-10-9-15-7-5-6-8-16(15)11-19/h5-8,13-14H,4,9-12H2,1-3H3,(H,21,22). The van der Waals surface area contributed by atoms with Gasteiger partial charge in [0.2, 0.25) is 5.91 Å². The van der Waals surface area contributed by atoms with Gasteiger partial charge in [-0.3, -0.25) is 14.5 Å². The van der Waals surface area contributed by atoms with Crippen LogP contribution in [-0.4, -0.2) is 52.0 Å². The fourth-order valence-corrected chi connectivity index (χ4v) is 3.06. The number of hydrogen-bond acceptors (Lipinski definition) is 3. The molecule has 0 aliphatic carbocycles. The van der Waals surface area contributed by atoms with Gasteiger partial charge in [-0.2, -0.15) is 0 Å². The highest BCUT2D eigenvalue weighted by Crippen LogP contribution is 2.21. The maximum absolute atomic E-state index is 12.8. The summed E-state index contributed by atoms with van der Waals surface area (Å²) in [6, 6.07) is 7.91. The summed E-state index contributed by atoms with van der Waals surface area (Å²) in [6.07, 6.45) is 1.67. The van der Waals surface area contributed by atoms with E-state index in [4.69, 9.17) is 5.11 Å². The van der Waals surface area contributed by atoms with E-state index in [1.807, 2.05) is 32.9 Å². The molecule has 1 amide bonds. The van der Waals surface area contributed by atoms with Gasteiger partial charge in [0.05, 0.1) is 6.04 Å². The molecular weight excluding hydrogens is 292 g/mol. The van der Waals surface area contributed by atoms with Crippen molar-refractivity contribution in [3.63, 3.8) is 0 Å². The summed E-state index contributed by atoms with van der Waals surface area (Å²) < 4.78 is 0. The highest BCUT2D eigenvalue weighted by molar-refractivity contribution is 5.85. The number of nitrogens with zero attached hydrogens (tertiary/aromatic N) is 2. The molecule has 1 aliphatic heterocycles. The summed E-state index contributed by atoms with van der Waals surface area (Å²) in [5.74, 6) is -1.06. The molecule has 2 rings (SSSR count). The van der Waals surface area contributed by atoms with Crippen molar-refractivity contribution in [2.24, 2.45) is 0 Å². The molecule has 0 spiro atoms. The van der Waals surface area contributed by atoms with Crippen LogP contribution in [0.4, 0.5) is 0 Å². The Kier molecular flexibility index (Phi) is 5.77. The Labute approximate surface area is 137 Å². The van der Waals surface area contributed by atoms with Gasteiger partial charge >= 0.3 is 5.97 Å². The van der Waals surface area contributed by atoms with Crippen molar-refractivity contribution in [2.75, 3.05) is 13.1 Å². The van der Waals surface area contributed by atoms with Crippen molar-refractivity contribution in [1.29, 1.82) is 0 Å². The molecule has 1 N–H and O–H groups in total. The van der Waals surface area contributed by atoms with E-state index in [-0.39, 0.29) is 24.5 Å². The van der Waals surface area contributed by atoms with Crippen molar-refractivity contribution in [3.05, 3.63) is 35.4 Å². The third-order valence-electron chi connectivity index (χ3n) is 4.78. The number of rotatable bonds is 6. The molecule has 0 radical (unpaired) electrons. The lowest BCUT2D eigenvalue weighted by Crippen LogP contribution is -2.52. The van der Waals surface area contributed by atoms with Crippen LogP contribution in [-0.2, 0) is 22.6 Å². The third-order valence-corrected chi connectivity index (χ3v) is 4.78. The first kappa shape index (κ1) is 17.5. The minimum absolute atomic E-state index is 0.0712. The topological polar surface area (TPSA) is 60.9 Å². The summed E-state index contributed by atoms with van der Waals surface area (Å²) in [5.41, 5.74) is 2.60. The lowest BCUT2D eigenvalue weighted by Gasteiger charge is -2.37. The average molecular weight is 318 g/mol. The van der Waals surface area contributed by atoms with E-state index in [0.717, 1.165) is 25.9 Å². The molecule has 0 aromatic heterocycles. The Bertz CT molecular complexity index is 573. The van der Waals surface area contributed by atoms with Gasteiger partial charge in [0, 0.05) is 19.1 Å². The molecule has 5 nitrogen and oxygen atoms in total. The van der Waals surface area contributed by atoms with Crippen LogP contribution in [0.25, 0.3) is 0 Å². The molecule has 1 aromatic rings. The van der Waals surface area contributed by atoms with E-state index in [9.17, 15) is 9.59 Å². The molecule has 0 saturated carbocycles. The second-order valence-corrected chi connectivity index (χ2v) is 6.28. The van der Waals surface area contributed by atoms with Crippen molar-refractivity contribution >= 4 is 11.9 Å². The molecule has 0 fully saturated rings. The molecule has 1 aromatic carbocycles. The normalized spacial score (nSPS) is 17.2. The minimum atomic E-state index is -0.963. The lowest BCUT2D eigenvalue weighted by molar-refractivity contribution is -0.148. The van der Waals surface area contributed by atoms with Gasteiger partial charge in [-0.1, -0.05) is 31.2 Å². The largest absolute Gasteiger partial charge is 0.480 e. The van der Waals surface area contributed by atoms with Crippen LogP contribution < -0.4 is 0 Å². The number of fused-ring (bicyclic) bond motifs is 1. The molecule has 126 valence electrons. The van der Waals surface area contributed by atoms with E-state index in [0.29, 0.717) is 0 Å². The highest BCUT2D eigenvalue weighted by Gasteiger charge is 2.31. The highest BCUT2D eigenvalue weighted by atomic mass is 16.4. The van der Waals surface area contributed by atoms with Crippen LogP contribution in [0.15, 0.2) is 24.3 Å². The molecule has 5 heteroatoms. The molecule has 2 atom stereocenters. The number of carbonyl (C=O) groups is 2. The average Bonchev–Trinajstić information content (AvgIpc) is 2.57. The number of amides is 1. The zero-order valence-corrected chi connectivity index (χ0v) is 14.2. The zero-order valence-electron chi connectivity index (χ0n) is 14.2. The van der Waals surface area contributed by atoms with E-state index in [2.05, 4.69) is 17.0 Å². The molecule has 0 bridgehead atoms. The summed E-state index contributed by atoms with van der Waals surface area (Å²) in [5, 5.41) is 9.09. The maximum atomic E-state index is 12.8. The van der Waals surface area contributed by atoms with Gasteiger partial charge in [-0.25, -0.2) is 0 Å². The number of hydrogen-bond donors (Lipinski definition) is 1. The first-order chi connectivity index (χ1) is 10.9.